The summed E-state index contributed by atoms with van der Waals surface area (Å²) < 4.78 is 152. The van der Waals surface area contributed by atoms with Crippen LogP contribution in [0.15, 0.2) is 179 Å². The Kier molecular flexibility index (Phi) is 27.4. The molecule has 662 valence electrons. The SMILES string of the molecule is [C-]#[N+]C[C@H]1CN(c2nc(S(C)(=O)=O)nc3c2COC(c2cccc4cccc(C)c24)C3)CCN1C(=O)OCc1ccccc1.[C-]#[N+]C[C@H]1CN(c2nc(S(C)(=O)=O)nc3c2COC(c2cccc4ccccc24)C3)CCN1C(=O)OC(C)(C)C.[C-]#[N+]C[C@H]1CN(c2nc(S(C)(=O)=O)nc3c2COC(c2ccccc2C(F)(F)F)C3)CCN1C(=O)OCc1ccccc1. The lowest BCUT2D eigenvalue weighted by Crippen LogP contribution is -2.57. The van der Waals surface area contributed by atoms with Gasteiger partial charge in [0, 0.05) is 114 Å². The summed E-state index contributed by atoms with van der Waals surface area (Å²) in [4.78, 5) is 86.4. The molecule has 30 nitrogen and oxygen atoms in total. The standard InChI is InChI=1S/C33H33N5O5S.C29H28F3N5O5S.C29H33N5O5S/c1-22-9-7-12-24-13-8-14-26(30(22)24)29-17-28-27(21-42-29)31(36-32(35-28)44(3,40)41)37-15-16-38(25(19-37)18-34-2)33(39)43-20-23-10-5-4-6-11-23;1-33-15-20-16-36(12-13-37(20)28(38)42-17-19-8-4-3-5-9-19)26-22-18-41-25(14-24(22)34-27(35-26)43(2,39)40)21-10-6-7-11-23(21)29(30,31)32;1-29(2,3)39-28(35)34-14-13-33(17-20(34)16-30-4)26-23-18-38-25(15-24(23)31-27(32-26)40(5,36)37)22-12-8-10-19-9-6-7-11-21(19)22/h4-14,25,29H,15-21H2,1,3H3;3-11,20,25H,12-18H2,2H3;6-12,20,25H,13-18H2,1-3,5H3/t25-,29?;2*20-,25?/m000/s1. The first kappa shape index (κ1) is 90.7. The van der Waals surface area contributed by atoms with E-state index in [9.17, 15) is 52.8 Å². The second-order valence-electron chi connectivity index (χ2n) is 32.7. The van der Waals surface area contributed by atoms with Gasteiger partial charge in [0.1, 0.15) is 54.4 Å². The molecule has 0 N–H and O–H groups in total. The first-order valence-electron chi connectivity index (χ1n) is 41.1. The molecule has 0 saturated carbocycles. The lowest BCUT2D eigenvalue weighted by molar-refractivity contribution is -0.139. The van der Waals surface area contributed by atoms with Gasteiger partial charge < -0.3 is 57.7 Å². The Balaban J connectivity index is 0.000000155. The van der Waals surface area contributed by atoms with Crippen LogP contribution in [-0.4, -0.2) is 209 Å². The van der Waals surface area contributed by atoms with E-state index >= 15 is 0 Å². The molecule has 3 unspecified atom stereocenters. The number of anilines is 3. The number of rotatable bonds is 16. The molecule has 7 aromatic carbocycles. The molecule has 0 spiro atoms. The minimum atomic E-state index is -4.60. The zero-order valence-corrected chi connectivity index (χ0v) is 73.3. The van der Waals surface area contributed by atoms with Gasteiger partial charge in [-0.15, -0.1) is 0 Å². The molecule has 3 fully saturated rings. The molecule has 0 aliphatic carbocycles. The van der Waals surface area contributed by atoms with Crippen molar-refractivity contribution in [1.29, 1.82) is 0 Å². The molecule has 6 atom stereocenters. The molecule has 3 saturated heterocycles. The minimum Gasteiger partial charge on any atom is -0.445 e. The monoisotopic (exact) mass is 1790 g/mol. The van der Waals surface area contributed by atoms with Crippen LogP contribution in [0.3, 0.4) is 0 Å². The fourth-order valence-electron chi connectivity index (χ4n) is 16.5. The lowest BCUT2D eigenvalue weighted by atomic mass is 9.92. The molecule has 6 aliphatic rings. The number of carbonyl (C=O) groups excluding carboxylic acids is 3. The fraction of sp³-hybridized carbons (Fsp3) is 0.385. The molecule has 0 radical (unpaired) electrons. The number of carbonyl (C=O) groups is 3. The van der Waals surface area contributed by atoms with Crippen LogP contribution in [0, 0.1) is 26.6 Å². The van der Waals surface area contributed by atoms with E-state index < -0.39 is 94.5 Å². The van der Waals surface area contributed by atoms with Gasteiger partial charge in [0.05, 0.1) is 60.8 Å². The Morgan fingerprint density at radius 3 is 1.21 bits per heavy atom. The number of piperazine rings is 3. The molecule has 0 bridgehead atoms. The molecule has 16 rings (SSSR count). The van der Waals surface area contributed by atoms with Crippen molar-refractivity contribution in [2.75, 3.05) is 112 Å². The number of halogens is 3. The van der Waals surface area contributed by atoms with Crippen LogP contribution in [0.1, 0.15) is 112 Å². The number of alkyl halides is 3. The Hall–Kier alpha value is -12.5. The Labute approximate surface area is 734 Å². The normalized spacial score (nSPS) is 19.0. The number of sulfone groups is 3. The highest BCUT2D eigenvalue weighted by Crippen LogP contribution is 2.44. The van der Waals surface area contributed by atoms with Gasteiger partial charge in [-0.25, -0.2) is 89.3 Å². The van der Waals surface area contributed by atoms with Crippen LogP contribution in [0.25, 0.3) is 36.1 Å². The maximum atomic E-state index is 13.7. The van der Waals surface area contributed by atoms with Crippen molar-refractivity contribution in [3.63, 3.8) is 0 Å². The summed E-state index contributed by atoms with van der Waals surface area (Å²) in [5.74, 6) is 1.19. The topological polar surface area (TPSA) is 319 Å². The van der Waals surface area contributed by atoms with Gasteiger partial charge in [-0.05, 0) is 88.7 Å². The summed E-state index contributed by atoms with van der Waals surface area (Å²) in [5, 5.41) is 3.47. The maximum Gasteiger partial charge on any atom is 0.416 e. The number of fused-ring (bicyclic) bond motifs is 5. The van der Waals surface area contributed by atoms with Crippen LogP contribution in [0.4, 0.5) is 45.0 Å². The average molecular weight is 1790 g/mol. The van der Waals surface area contributed by atoms with Gasteiger partial charge >= 0.3 is 24.5 Å². The highest BCUT2D eigenvalue weighted by atomic mass is 32.2. The van der Waals surface area contributed by atoms with Gasteiger partial charge in [-0.1, -0.05) is 158 Å². The minimum absolute atomic E-state index is 0.0318. The van der Waals surface area contributed by atoms with Crippen LogP contribution in [0.5, 0.6) is 0 Å². The van der Waals surface area contributed by atoms with Crippen LogP contribution < -0.4 is 14.7 Å². The van der Waals surface area contributed by atoms with Crippen molar-refractivity contribution in [2.24, 2.45) is 0 Å². The number of aryl methyl sites for hydroxylation is 1. The van der Waals surface area contributed by atoms with E-state index in [1.807, 2.05) is 119 Å². The number of aromatic nitrogens is 6. The average Bonchev–Trinajstić information content (AvgIpc) is 0.763. The number of hydrogen-bond acceptors (Lipinski definition) is 24. The third-order valence-corrected chi connectivity index (χ3v) is 25.1. The molecular weight excluding hydrogens is 1700 g/mol. The van der Waals surface area contributed by atoms with E-state index in [1.54, 1.807) is 35.5 Å². The van der Waals surface area contributed by atoms with Gasteiger partial charge in [-0.3, -0.25) is 14.7 Å². The highest BCUT2D eigenvalue weighted by Gasteiger charge is 2.44. The molecular formula is C91H94F3N15O15S3. The Morgan fingerprint density at radius 1 is 0.441 bits per heavy atom. The first-order valence-corrected chi connectivity index (χ1v) is 46.7. The molecule has 9 heterocycles. The fourth-order valence-corrected chi connectivity index (χ4v) is 18.1. The number of ether oxygens (including phenoxy) is 6. The molecule has 3 aromatic heterocycles. The molecule has 36 heteroatoms. The Bertz CT molecular complexity index is 6290. The van der Waals surface area contributed by atoms with Crippen molar-refractivity contribution < 1.29 is 81.2 Å². The van der Waals surface area contributed by atoms with E-state index in [1.165, 1.54) is 23.1 Å². The third kappa shape index (κ3) is 21.3. The summed E-state index contributed by atoms with van der Waals surface area (Å²) in [6, 6.07) is 48.6. The largest absolute Gasteiger partial charge is 0.445 e. The van der Waals surface area contributed by atoms with E-state index in [4.69, 9.17) is 48.1 Å². The van der Waals surface area contributed by atoms with Crippen molar-refractivity contribution in [3.8, 4) is 0 Å². The molecule has 3 amide bonds. The first-order chi connectivity index (χ1) is 60.6. The van der Waals surface area contributed by atoms with Gasteiger partial charge in [0.15, 0.2) is 0 Å². The second kappa shape index (κ2) is 38.4. The zero-order chi connectivity index (χ0) is 90.3. The predicted octanol–water partition coefficient (Wildman–Crippen LogP) is 13.6. The van der Waals surface area contributed by atoms with Crippen LogP contribution in [0.2, 0.25) is 0 Å². The van der Waals surface area contributed by atoms with E-state index in [0.717, 1.165) is 85.3 Å². The third-order valence-electron chi connectivity index (χ3n) is 22.6. The van der Waals surface area contributed by atoms with Crippen LogP contribution in [-0.2, 0) is 116 Å². The quantitative estimate of drug-likeness (QED) is 0.0493. The highest BCUT2D eigenvalue weighted by molar-refractivity contribution is 7.91. The van der Waals surface area contributed by atoms with Crippen molar-refractivity contribution in [3.05, 3.63) is 271 Å². The summed E-state index contributed by atoms with van der Waals surface area (Å²) in [6.07, 6.45) is -3.91. The van der Waals surface area contributed by atoms with E-state index in [0.29, 0.717) is 80.7 Å². The van der Waals surface area contributed by atoms with Crippen molar-refractivity contribution in [1.82, 2.24) is 44.6 Å². The number of hydrogen-bond donors (Lipinski definition) is 0. The number of nitrogens with zero attached hydrogens (tertiary/aromatic N) is 15. The smallest absolute Gasteiger partial charge is 0.416 e. The number of benzene rings is 7. The molecule has 6 aliphatic heterocycles. The summed E-state index contributed by atoms with van der Waals surface area (Å²) in [7, 11) is -11.3. The summed E-state index contributed by atoms with van der Waals surface area (Å²) in [5.41, 5.74) is 6.76. The molecule has 127 heavy (non-hydrogen) atoms. The number of amides is 3. The van der Waals surface area contributed by atoms with E-state index in [-0.39, 0.29) is 118 Å². The maximum absolute atomic E-state index is 13.7. The van der Waals surface area contributed by atoms with Crippen molar-refractivity contribution in [2.45, 2.75) is 144 Å². The summed E-state index contributed by atoms with van der Waals surface area (Å²) in [6.45, 7) is 33.0. The second-order valence-corrected chi connectivity index (χ2v) is 38.5. The van der Waals surface area contributed by atoms with Crippen LogP contribution >= 0.6 is 0 Å². The zero-order valence-electron chi connectivity index (χ0n) is 70.9. The van der Waals surface area contributed by atoms with Crippen molar-refractivity contribution >= 4 is 86.8 Å². The van der Waals surface area contributed by atoms with Gasteiger partial charge in [0.25, 0.3) is 0 Å². The molecule has 10 aromatic rings. The predicted molar refractivity (Wildman–Crippen MR) is 465 cm³/mol. The lowest BCUT2D eigenvalue weighted by Gasteiger charge is -2.41. The van der Waals surface area contributed by atoms with Gasteiger partial charge in [0.2, 0.25) is 64.6 Å². The van der Waals surface area contributed by atoms with E-state index in [2.05, 4.69) is 81.7 Å². The summed E-state index contributed by atoms with van der Waals surface area (Å²) >= 11 is 0. The van der Waals surface area contributed by atoms with Gasteiger partial charge in [-0.2, -0.15) is 13.2 Å². The Morgan fingerprint density at radius 2 is 0.795 bits per heavy atom.